The Morgan fingerprint density at radius 2 is 1.91 bits per heavy atom. The fraction of sp³-hybridized carbons (Fsp3) is 0.200. The van der Waals surface area contributed by atoms with E-state index in [4.69, 9.17) is 0 Å². The molecule has 0 aliphatic heterocycles. The van der Waals surface area contributed by atoms with Crippen molar-refractivity contribution in [3.8, 4) is 0 Å². The Bertz CT molecular complexity index is 631. The van der Waals surface area contributed by atoms with Crippen LogP contribution in [0, 0.1) is 0 Å². The zero-order chi connectivity index (χ0) is 15.1. The minimum absolute atomic E-state index is 0. The fourth-order valence-electron chi connectivity index (χ4n) is 1.69. The summed E-state index contributed by atoms with van der Waals surface area (Å²) in [7, 11) is 3.60. The first kappa shape index (κ1) is 17.6. The number of hydrogen-bond acceptors (Lipinski definition) is 3. The molecule has 0 radical (unpaired) electrons. The van der Waals surface area contributed by atoms with Crippen molar-refractivity contribution in [2.24, 2.45) is 10.3 Å². The Labute approximate surface area is 135 Å². The Morgan fingerprint density at radius 3 is 2.59 bits per heavy atom. The van der Waals surface area contributed by atoms with E-state index in [1.54, 1.807) is 25.2 Å². The van der Waals surface area contributed by atoms with Crippen LogP contribution >= 0.6 is 0 Å². The summed E-state index contributed by atoms with van der Waals surface area (Å²) in [4.78, 5) is 12.0. The van der Waals surface area contributed by atoms with Gasteiger partial charge in [0.1, 0.15) is 0 Å². The molecule has 0 saturated carbocycles. The van der Waals surface area contributed by atoms with Crippen LogP contribution in [0.25, 0.3) is 0 Å². The van der Waals surface area contributed by atoms with Gasteiger partial charge in [0.15, 0.2) is 12.4 Å². The van der Waals surface area contributed by atoms with Gasteiger partial charge in [-0.15, -0.1) is 5.11 Å². The van der Waals surface area contributed by atoms with Crippen LogP contribution in [0.2, 0.25) is 0 Å². The van der Waals surface area contributed by atoms with Crippen LogP contribution in [-0.4, -0.2) is 25.0 Å². The molecule has 0 unspecified atom stereocenters. The van der Waals surface area contributed by atoms with Crippen molar-refractivity contribution in [1.29, 1.82) is 0 Å². The zero-order valence-electron chi connectivity index (χ0n) is 12.5. The minimum Gasteiger partial charge on any atom is -1.00 e. The number of benzene rings is 1. The Morgan fingerprint density at radius 1 is 1.18 bits per heavy atom. The van der Waals surface area contributed by atoms with Gasteiger partial charge in [0, 0.05) is 31.9 Å². The average Bonchev–Trinajstić information content (AvgIpc) is 2.46. The van der Waals surface area contributed by atoms with E-state index < -0.39 is 0 Å². The fourth-order valence-corrected chi connectivity index (χ4v) is 1.69. The second-order valence-electron chi connectivity index (χ2n) is 4.68. The molecule has 2 rings (SSSR count). The summed E-state index contributed by atoms with van der Waals surface area (Å²) in [6.07, 6.45) is 3.70. The van der Waals surface area contributed by atoms with Crippen molar-refractivity contribution in [3.05, 3.63) is 54.9 Å². The van der Waals surface area contributed by atoms with Crippen molar-refractivity contribution in [1.82, 2.24) is 5.01 Å². The Balaban J connectivity index is 0.00000242. The number of aromatic nitrogens is 1. The third kappa shape index (κ3) is 5.88. The number of rotatable bonds is 5. The van der Waals surface area contributed by atoms with E-state index in [1.807, 2.05) is 53.4 Å². The molecule has 0 aliphatic carbocycles. The van der Waals surface area contributed by atoms with Crippen molar-refractivity contribution < 1.29 is 21.8 Å². The van der Waals surface area contributed by atoms with Crippen molar-refractivity contribution in [2.75, 3.05) is 19.4 Å². The maximum absolute atomic E-state index is 12.0. The van der Waals surface area contributed by atoms with Gasteiger partial charge < -0.3 is 17.7 Å². The number of pyridine rings is 1. The second-order valence-corrected chi connectivity index (χ2v) is 4.68. The van der Waals surface area contributed by atoms with Crippen LogP contribution in [0.3, 0.4) is 0 Å². The Hall–Kier alpha value is -2.47. The number of nitrogens with zero attached hydrogens (tertiary/aromatic N) is 4. The number of carbonyl (C=O) groups excluding carboxylic acids is 1. The third-order valence-electron chi connectivity index (χ3n) is 2.57. The van der Waals surface area contributed by atoms with Gasteiger partial charge in [-0.25, -0.2) is 0 Å². The molecule has 0 spiro atoms. The van der Waals surface area contributed by atoms with Gasteiger partial charge in [-0.1, -0.05) is 17.4 Å². The highest BCUT2D eigenvalue weighted by molar-refractivity contribution is 5.90. The van der Waals surface area contributed by atoms with Crippen LogP contribution in [0.4, 0.5) is 11.4 Å². The number of amides is 1. The van der Waals surface area contributed by atoms with Gasteiger partial charge in [0.25, 0.3) is 5.91 Å². The summed E-state index contributed by atoms with van der Waals surface area (Å²) >= 11 is 0. The van der Waals surface area contributed by atoms with E-state index in [9.17, 15) is 4.79 Å². The first-order chi connectivity index (χ1) is 10.1. The summed E-state index contributed by atoms with van der Waals surface area (Å²) in [6.45, 7) is 0.268. The number of hydrogen-bond donors (Lipinski definition) is 1. The molecule has 6 nitrogen and oxygen atoms in total. The molecule has 1 aromatic carbocycles. The van der Waals surface area contributed by atoms with Crippen LogP contribution < -0.4 is 22.3 Å². The molecular weight excluding hydrogens is 302 g/mol. The lowest BCUT2D eigenvalue weighted by atomic mass is 10.3. The molecule has 1 aromatic heterocycles. The first-order valence-electron chi connectivity index (χ1n) is 6.56. The average molecular weight is 320 g/mol. The van der Waals surface area contributed by atoms with Crippen molar-refractivity contribution >= 4 is 17.3 Å². The highest BCUT2D eigenvalue weighted by Gasteiger charge is 2.08. The van der Waals surface area contributed by atoms with Crippen LogP contribution in [0.15, 0.2) is 65.2 Å². The lowest BCUT2D eigenvalue weighted by molar-refractivity contribution is -0.684. The van der Waals surface area contributed by atoms with Gasteiger partial charge >= 0.3 is 0 Å². The summed E-state index contributed by atoms with van der Waals surface area (Å²) in [5.74, 6) is -0.0899. The van der Waals surface area contributed by atoms with Gasteiger partial charge in [-0.3, -0.25) is 9.80 Å². The standard InChI is InChI=1S/C15H17N5O.ClH/c1-19(2)18-17-14-8-6-7-13(11-14)16-15(21)12-20-9-4-3-5-10-20;/h3-11H,12H2,1-2H3;1H. The van der Waals surface area contributed by atoms with E-state index in [0.717, 1.165) is 0 Å². The van der Waals surface area contributed by atoms with Crippen LogP contribution in [0.1, 0.15) is 0 Å². The summed E-state index contributed by atoms with van der Waals surface area (Å²) in [5, 5.41) is 12.4. The normalized spacial score (nSPS) is 10.1. The smallest absolute Gasteiger partial charge is 0.290 e. The minimum atomic E-state index is -0.0899. The van der Waals surface area contributed by atoms with E-state index in [1.165, 1.54) is 0 Å². The van der Waals surface area contributed by atoms with Gasteiger partial charge in [0.2, 0.25) is 6.54 Å². The van der Waals surface area contributed by atoms with E-state index in [0.29, 0.717) is 11.4 Å². The number of nitrogens with one attached hydrogen (secondary N) is 1. The molecule has 7 heteroatoms. The van der Waals surface area contributed by atoms with Gasteiger partial charge in [-0.05, 0) is 18.2 Å². The molecule has 2 aromatic rings. The predicted octanol–water partition coefficient (Wildman–Crippen LogP) is -0.823. The predicted molar refractivity (Wildman–Crippen MR) is 79.9 cm³/mol. The summed E-state index contributed by atoms with van der Waals surface area (Å²) in [5.41, 5.74) is 1.39. The first-order valence-corrected chi connectivity index (χ1v) is 6.56. The quantitative estimate of drug-likeness (QED) is 0.444. The number of anilines is 1. The number of halogens is 1. The van der Waals surface area contributed by atoms with Crippen molar-refractivity contribution in [2.45, 2.75) is 6.54 Å². The molecule has 116 valence electrons. The van der Waals surface area contributed by atoms with E-state index in [2.05, 4.69) is 15.7 Å². The maximum Gasteiger partial charge on any atom is 0.290 e. The topological polar surface area (TPSA) is 60.9 Å². The lowest BCUT2D eigenvalue weighted by Crippen LogP contribution is -3.00. The molecule has 0 bridgehead atoms. The molecular formula is C15H18ClN5O. The van der Waals surface area contributed by atoms with Gasteiger partial charge in [-0.2, -0.15) is 4.57 Å². The zero-order valence-corrected chi connectivity index (χ0v) is 13.2. The van der Waals surface area contributed by atoms with Crippen LogP contribution in [-0.2, 0) is 11.3 Å². The lowest BCUT2D eigenvalue weighted by Gasteiger charge is -2.04. The highest BCUT2D eigenvalue weighted by atomic mass is 35.5. The molecule has 0 atom stereocenters. The SMILES string of the molecule is CN(C)N=Nc1cccc(NC(=O)C[n+]2ccccc2)c1.[Cl-]. The molecule has 1 N–H and O–H groups in total. The maximum atomic E-state index is 12.0. The molecule has 22 heavy (non-hydrogen) atoms. The number of carbonyl (C=O) groups is 1. The molecule has 0 aliphatic rings. The second kappa shape index (κ2) is 8.74. The summed E-state index contributed by atoms with van der Waals surface area (Å²) < 4.78 is 1.81. The summed E-state index contributed by atoms with van der Waals surface area (Å²) in [6, 6.07) is 12.9. The van der Waals surface area contributed by atoms with E-state index >= 15 is 0 Å². The molecule has 1 heterocycles. The van der Waals surface area contributed by atoms with Crippen molar-refractivity contribution in [3.63, 3.8) is 0 Å². The highest BCUT2D eigenvalue weighted by Crippen LogP contribution is 2.18. The van der Waals surface area contributed by atoms with Crippen LogP contribution in [0.5, 0.6) is 0 Å². The molecule has 0 fully saturated rings. The monoisotopic (exact) mass is 319 g/mol. The molecule has 1 amide bonds. The Kier molecular flexibility index (Phi) is 6.98. The largest absolute Gasteiger partial charge is 1.00 e. The third-order valence-corrected chi connectivity index (χ3v) is 2.57. The van der Waals surface area contributed by atoms with E-state index in [-0.39, 0.29) is 24.9 Å². The molecule has 0 saturated heterocycles. The van der Waals surface area contributed by atoms with Gasteiger partial charge in [0.05, 0.1) is 5.69 Å².